The Labute approximate surface area is 122 Å². The zero-order valence-electron chi connectivity index (χ0n) is 12.9. The van der Waals surface area contributed by atoms with Gasteiger partial charge in [0.05, 0.1) is 0 Å². The lowest BCUT2D eigenvalue weighted by atomic mass is 9.95. The summed E-state index contributed by atoms with van der Waals surface area (Å²) >= 11 is 0. The van der Waals surface area contributed by atoms with Gasteiger partial charge in [-0.25, -0.2) is 4.39 Å². The van der Waals surface area contributed by atoms with Crippen LogP contribution in [0.2, 0.25) is 0 Å². The van der Waals surface area contributed by atoms with Gasteiger partial charge in [-0.05, 0) is 42.5 Å². The van der Waals surface area contributed by atoms with Gasteiger partial charge in [0.25, 0.3) is 0 Å². The maximum Gasteiger partial charge on any atom is 0.123 e. The summed E-state index contributed by atoms with van der Waals surface area (Å²) in [7, 11) is 0. The first kappa shape index (κ1) is 15.5. The zero-order chi connectivity index (χ0) is 14.5. The molecule has 2 rings (SSSR count). The number of hydrogen-bond donors (Lipinski definition) is 1. The number of benzene rings is 1. The Morgan fingerprint density at radius 2 is 1.95 bits per heavy atom. The molecule has 3 heteroatoms. The van der Waals surface area contributed by atoms with E-state index in [1.165, 1.54) is 12.0 Å². The largest absolute Gasteiger partial charge is 0.312 e. The van der Waals surface area contributed by atoms with E-state index in [9.17, 15) is 4.39 Å². The minimum absolute atomic E-state index is 0.155. The Morgan fingerprint density at radius 1 is 1.25 bits per heavy atom. The SMILES string of the molecule is CC(C)CNC1CC(C)CN(Cc2ccc(F)cc2)C1. The van der Waals surface area contributed by atoms with Crippen LogP contribution in [0.3, 0.4) is 0 Å². The van der Waals surface area contributed by atoms with E-state index in [1.54, 1.807) is 12.1 Å². The summed E-state index contributed by atoms with van der Waals surface area (Å²) in [5.74, 6) is 1.25. The lowest BCUT2D eigenvalue weighted by Gasteiger charge is -2.37. The molecule has 1 aromatic carbocycles. The van der Waals surface area contributed by atoms with Crippen LogP contribution >= 0.6 is 0 Å². The monoisotopic (exact) mass is 278 g/mol. The number of halogens is 1. The number of likely N-dealkylation sites (tertiary alicyclic amines) is 1. The molecule has 1 aromatic rings. The molecule has 0 aliphatic carbocycles. The molecule has 1 aliphatic heterocycles. The average Bonchev–Trinajstić information content (AvgIpc) is 2.38. The fraction of sp³-hybridized carbons (Fsp3) is 0.647. The summed E-state index contributed by atoms with van der Waals surface area (Å²) in [5.41, 5.74) is 1.20. The summed E-state index contributed by atoms with van der Waals surface area (Å²) < 4.78 is 12.9. The molecule has 1 aliphatic rings. The molecular weight excluding hydrogens is 251 g/mol. The van der Waals surface area contributed by atoms with Crippen molar-refractivity contribution < 1.29 is 4.39 Å². The first-order valence-electron chi connectivity index (χ1n) is 7.73. The minimum Gasteiger partial charge on any atom is -0.312 e. The Morgan fingerprint density at radius 3 is 2.60 bits per heavy atom. The molecule has 112 valence electrons. The number of nitrogens with one attached hydrogen (secondary N) is 1. The molecule has 0 saturated carbocycles. The molecule has 20 heavy (non-hydrogen) atoms. The van der Waals surface area contributed by atoms with Crippen LogP contribution in [-0.2, 0) is 6.54 Å². The van der Waals surface area contributed by atoms with Crippen molar-refractivity contribution in [3.63, 3.8) is 0 Å². The Kier molecular flexibility index (Phi) is 5.55. The standard InChI is InChI=1S/C17H27FN2/c1-13(2)9-19-17-8-14(3)10-20(12-17)11-15-4-6-16(18)7-5-15/h4-7,13-14,17,19H,8-12H2,1-3H3. The van der Waals surface area contributed by atoms with E-state index < -0.39 is 0 Å². The molecule has 0 amide bonds. The molecule has 1 N–H and O–H groups in total. The van der Waals surface area contributed by atoms with Gasteiger partial charge in [-0.15, -0.1) is 0 Å². The second kappa shape index (κ2) is 7.19. The van der Waals surface area contributed by atoms with E-state index in [4.69, 9.17) is 0 Å². The molecular formula is C17H27FN2. The lowest BCUT2D eigenvalue weighted by Crippen LogP contribution is -2.49. The summed E-state index contributed by atoms with van der Waals surface area (Å²) in [6.45, 7) is 11.0. The third-order valence-corrected chi connectivity index (χ3v) is 3.87. The summed E-state index contributed by atoms with van der Waals surface area (Å²) in [5, 5.41) is 3.67. The fourth-order valence-corrected chi connectivity index (χ4v) is 2.99. The van der Waals surface area contributed by atoms with Crippen LogP contribution in [0, 0.1) is 17.7 Å². The van der Waals surface area contributed by atoms with Crippen molar-refractivity contribution in [3.8, 4) is 0 Å². The van der Waals surface area contributed by atoms with E-state index in [0.717, 1.165) is 26.2 Å². The summed E-state index contributed by atoms with van der Waals surface area (Å²) in [6.07, 6.45) is 1.26. The van der Waals surface area contributed by atoms with Crippen LogP contribution in [0.15, 0.2) is 24.3 Å². The van der Waals surface area contributed by atoms with Crippen LogP contribution in [0.25, 0.3) is 0 Å². The quantitative estimate of drug-likeness (QED) is 0.889. The smallest absolute Gasteiger partial charge is 0.123 e. The Bertz CT molecular complexity index is 402. The second-order valence-electron chi connectivity index (χ2n) is 6.66. The first-order chi connectivity index (χ1) is 9.52. The predicted octanol–water partition coefficient (Wildman–Crippen LogP) is 3.28. The first-order valence-corrected chi connectivity index (χ1v) is 7.73. The molecule has 1 heterocycles. The van der Waals surface area contributed by atoms with E-state index in [1.807, 2.05) is 12.1 Å². The van der Waals surface area contributed by atoms with Gasteiger partial charge in [0.15, 0.2) is 0 Å². The Balaban J connectivity index is 1.88. The number of nitrogens with zero attached hydrogens (tertiary/aromatic N) is 1. The predicted molar refractivity (Wildman–Crippen MR) is 82.1 cm³/mol. The number of rotatable bonds is 5. The van der Waals surface area contributed by atoms with Crippen molar-refractivity contribution in [1.29, 1.82) is 0 Å². The maximum absolute atomic E-state index is 12.9. The third kappa shape index (κ3) is 4.88. The minimum atomic E-state index is -0.155. The van der Waals surface area contributed by atoms with Crippen molar-refractivity contribution >= 4 is 0 Å². The van der Waals surface area contributed by atoms with Crippen LogP contribution in [0.4, 0.5) is 4.39 Å². The molecule has 0 spiro atoms. The highest BCUT2D eigenvalue weighted by molar-refractivity contribution is 5.16. The molecule has 0 bridgehead atoms. The third-order valence-electron chi connectivity index (χ3n) is 3.87. The van der Waals surface area contributed by atoms with Crippen LogP contribution in [-0.4, -0.2) is 30.6 Å². The molecule has 2 unspecified atom stereocenters. The summed E-state index contributed by atoms with van der Waals surface area (Å²) in [6, 6.07) is 7.48. The van der Waals surface area contributed by atoms with Gasteiger partial charge >= 0.3 is 0 Å². The second-order valence-corrected chi connectivity index (χ2v) is 6.66. The highest BCUT2D eigenvalue weighted by atomic mass is 19.1. The lowest BCUT2D eigenvalue weighted by molar-refractivity contribution is 0.141. The van der Waals surface area contributed by atoms with Crippen LogP contribution in [0.5, 0.6) is 0 Å². The van der Waals surface area contributed by atoms with Crippen molar-refractivity contribution in [2.45, 2.75) is 39.8 Å². The number of piperidine rings is 1. The number of hydrogen-bond acceptors (Lipinski definition) is 2. The van der Waals surface area contributed by atoms with Crippen LogP contribution < -0.4 is 5.32 Å². The molecule has 0 radical (unpaired) electrons. The molecule has 2 atom stereocenters. The molecule has 1 saturated heterocycles. The van der Waals surface area contributed by atoms with Crippen LogP contribution in [0.1, 0.15) is 32.8 Å². The Hall–Kier alpha value is -0.930. The highest BCUT2D eigenvalue weighted by Gasteiger charge is 2.24. The van der Waals surface area contributed by atoms with Gasteiger partial charge in [0.2, 0.25) is 0 Å². The van der Waals surface area contributed by atoms with Gasteiger partial charge in [-0.3, -0.25) is 4.90 Å². The maximum atomic E-state index is 12.9. The van der Waals surface area contributed by atoms with Crippen molar-refractivity contribution in [1.82, 2.24) is 10.2 Å². The highest BCUT2D eigenvalue weighted by Crippen LogP contribution is 2.19. The van der Waals surface area contributed by atoms with Gasteiger partial charge in [0.1, 0.15) is 5.82 Å². The van der Waals surface area contributed by atoms with E-state index in [2.05, 4.69) is 31.0 Å². The zero-order valence-corrected chi connectivity index (χ0v) is 12.9. The van der Waals surface area contributed by atoms with Gasteiger partial charge in [-0.2, -0.15) is 0 Å². The topological polar surface area (TPSA) is 15.3 Å². The van der Waals surface area contributed by atoms with Crippen molar-refractivity contribution in [3.05, 3.63) is 35.6 Å². The van der Waals surface area contributed by atoms with Crippen molar-refractivity contribution in [2.24, 2.45) is 11.8 Å². The molecule has 2 nitrogen and oxygen atoms in total. The van der Waals surface area contributed by atoms with Gasteiger partial charge in [0, 0.05) is 25.7 Å². The normalized spacial score (nSPS) is 24.2. The fourth-order valence-electron chi connectivity index (χ4n) is 2.99. The molecule has 0 aromatic heterocycles. The van der Waals surface area contributed by atoms with E-state index >= 15 is 0 Å². The van der Waals surface area contributed by atoms with E-state index in [0.29, 0.717) is 17.9 Å². The summed E-state index contributed by atoms with van der Waals surface area (Å²) in [4.78, 5) is 2.49. The van der Waals surface area contributed by atoms with E-state index in [-0.39, 0.29) is 5.82 Å². The van der Waals surface area contributed by atoms with Gasteiger partial charge in [-0.1, -0.05) is 32.9 Å². The van der Waals surface area contributed by atoms with Crippen molar-refractivity contribution in [2.75, 3.05) is 19.6 Å². The average molecular weight is 278 g/mol. The molecule has 1 fully saturated rings. The van der Waals surface area contributed by atoms with Gasteiger partial charge < -0.3 is 5.32 Å².